The number of halogens is 1. The molecule has 1 aliphatic heterocycles. The van der Waals surface area contributed by atoms with Gasteiger partial charge in [-0.3, -0.25) is 14.4 Å². The largest absolute Gasteiger partial charge is 0.494 e. The summed E-state index contributed by atoms with van der Waals surface area (Å²) in [6.07, 6.45) is 17.6. The molecule has 0 saturated heterocycles. The summed E-state index contributed by atoms with van der Waals surface area (Å²) in [6, 6.07) is 20.2. The summed E-state index contributed by atoms with van der Waals surface area (Å²) in [5.74, 6) is 0.404. The zero-order chi connectivity index (χ0) is 31.0. The Bertz CT molecular complexity index is 1390. The predicted molar refractivity (Wildman–Crippen MR) is 171 cm³/mol. The normalized spacial score (nSPS) is 12.8. The number of allylic oxidation sites excluding steroid dienone is 1. The van der Waals surface area contributed by atoms with Gasteiger partial charge in [-0.1, -0.05) is 69.6 Å². The molecule has 0 atom stereocenters. The molecule has 0 aliphatic carbocycles. The van der Waals surface area contributed by atoms with Gasteiger partial charge in [-0.15, -0.1) is 0 Å². The second-order valence-electron chi connectivity index (χ2n) is 10.8. The smallest absolute Gasteiger partial charge is 0.258 e. The number of unbranched alkanes of at least 4 members (excludes halogenated alkanes) is 9. The second-order valence-corrected chi connectivity index (χ2v) is 10.8. The fourth-order valence-electron chi connectivity index (χ4n) is 4.90. The molecule has 7 heteroatoms. The highest BCUT2D eigenvalue weighted by molar-refractivity contribution is 6.28. The Morgan fingerprint density at radius 3 is 1.57 bits per heavy atom. The van der Waals surface area contributed by atoms with E-state index in [9.17, 15) is 18.8 Å². The highest BCUT2D eigenvalue weighted by atomic mass is 19.1. The van der Waals surface area contributed by atoms with E-state index >= 15 is 0 Å². The molecule has 4 rings (SSSR count). The Labute approximate surface area is 259 Å². The van der Waals surface area contributed by atoms with Gasteiger partial charge in [-0.05, 0) is 85.1 Å². The molecule has 1 aliphatic rings. The van der Waals surface area contributed by atoms with Crippen LogP contribution in [-0.4, -0.2) is 30.8 Å². The van der Waals surface area contributed by atoms with Crippen LogP contribution in [0.1, 0.15) is 80.1 Å². The van der Waals surface area contributed by atoms with Gasteiger partial charge in [0.1, 0.15) is 17.3 Å². The SMILES string of the molecule is O=C(C=Cc1ccc(OCCCCCCCCCCCCOc2ccc(N3C(=O)C=CC3=O)cc2)cc1)c1ccc(F)cc1. The van der Waals surface area contributed by atoms with E-state index < -0.39 is 0 Å². The van der Waals surface area contributed by atoms with Crippen molar-refractivity contribution in [2.45, 2.75) is 64.2 Å². The van der Waals surface area contributed by atoms with E-state index in [2.05, 4.69) is 0 Å². The third-order valence-electron chi connectivity index (χ3n) is 7.42. The van der Waals surface area contributed by atoms with E-state index in [1.807, 2.05) is 24.3 Å². The van der Waals surface area contributed by atoms with Crippen LogP contribution in [0.4, 0.5) is 10.1 Å². The number of hydrogen-bond donors (Lipinski definition) is 0. The third-order valence-corrected chi connectivity index (χ3v) is 7.42. The monoisotopic (exact) mass is 597 g/mol. The second kappa shape index (κ2) is 17.6. The molecule has 2 amide bonds. The van der Waals surface area contributed by atoms with Gasteiger partial charge in [-0.25, -0.2) is 9.29 Å². The van der Waals surface area contributed by atoms with Crippen LogP contribution in [-0.2, 0) is 9.59 Å². The van der Waals surface area contributed by atoms with Gasteiger partial charge in [0.25, 0.3) is 11.8 Å². The third kappa shape index (κ3) is 10.6. The van der Waals surface area contributed by atoms with Gasteiger partial charge in [-0.2, -0.15) is 0 Å². The summed E-state index contributed by atoms with van der Waals surface area (Å²) < 4.78 is 24.7. The molecule has 0 fully saturated rings. The summed E-state index contributed by atoms with van der Waals surface area (Å²) >= 11 is 0. The van der Waals surface area contributed by atoms with Gasteiger partial charge in [0.2, 0.25) is 0 Å². The summed E-state index contributed by atoms with van der Waals surface area (Å²) in [4.78, 5) is 36.8. The molecule has 0 unspecified atom stereocenters. The van der Waals surface area contributed by atoms with Crippen molar-refractivity contribution in [2.75, 3.05) is 18.1 Å². The number of ether oxygens (including phenoxy) is 2. The molecule has 0 aromatic heterocycles. The molecule has 1 heterocycles. The quantitative estimate of drug-likeness (QED) is 0.0600. The lowest BCUT2D eigenvalue weighted by Crippen LogP contribution is -2.29. The lowest BCUT2D eigenvalue weighted by atomic mass is 10.1. The van der Waals surface area contributed by atoms with Crippen LogP contribution in [0.25, 0.3) is 6.08 Å². The van der Waals surface area contributed by atoms with Crippen molar-refractivity contribution in [3.05, 3.63) is 108 Å². The number of benzene rings is 3. The zero-order valence-corrected chi connectivity index (χ0v) is 25.1. The number of carbonyl (C=O) groups is 3. The number of amides is 2. The van der Waals surface area contributed by atoms with E-state index in [-0.39, 0.29) is 23.4 Å². The van der Waals surface area contributed by atoms with Crippen LogP contribution in [0.2, 0.25) is 0 Å². The minimum atomic E-state index is -0.359. The molecule has 0 saturated carbocycles. The highest BCUT2D eigenvalue weighted by Crippen LogP contribution is 2.23. The van der Waals surface area contributed by atoms with Gasteiger partial charge < -0.3 is 9.47 Å². The Kier molecular flexibility index (Phi) is 12.9. The van der Waals surface area contributed by atoms with Crippen LogP contribution >= 0.6 is 0 Å². The van der Waals surface area contributed by atoms with Crippen LogP contribution in [0.5, 0.6) is 11.5 Å². The van der Waals surface area contributed by atoms with Gasteiger partial charge >= 0.3 is 0 Å². The molecule has 0 bridgehead atoms. The number of rotatable bonds is 19. The number of nitrogens with zero attached hydrogens (tertiary/aromatic N) is 1. The van der Waals surface area contributed by atoms with E-state index in [0.29, 0.717) is 24.5 Å². The Balaban J connectivity index is 0.947. The molecular weight excluding hydrogens is 557 g/mol. The van der Waals surface area contributed by atoms with Crippen molar-refractivity contribution in [1.82, 2.24) is 0 Å². The van der Waals surface area contributed by atoms with Crippen molar-refractivity contribution in [2.24, 2.45) is 0 Å². The van der Waals surface area contributed by atoms with Gasteiger partial charge in [0.15, 0.2) is 5.78 Å². The summed E-state index contributed by atoms with van der Waals surface area (Å²) in [5, 5.41) is 0. The van der Waals surface area contributed by atoms with Crippen molar-refractivity contribution in [3.63, 3.8) is 0 Å². The maximum absolute atomic E-state index is 13.0. The molecular formula is C37H40FNO5. The summed E-state index contributed by atoms with van der Waals surface area (Å²) in [5.41, 5.74) is 1.91. The van der Waals surface area contributed by atoms with E-state index in [0.717, 1.165) is 47.6 Å². The molecule has 230 valence electrons. The molecule has 0 N–H and O–H groups in total. The average Bonchev–Trinajstić information content (AvgIpc) is 3.38. The fourth-order valence-corrected chi connectivity index (χ4v) is 4.90. The lowest BCUT2D eigenvalue weighted by Gasteiger charge is -2.14. The number of ketones is 1. The fraction of sp³-hybridized carbons (Fsp3) is 0.324. The standard InChI is InChI=1S/C37H40FNO5/c38-31-16-14-30(15-17-31)35(40)24-13-29-11-20-33(21-12-29)43-27-9-7-5-3-1-2-4-6-8-10-28-44-34-22-18-32(19-23-34)39-36(41)25-26-37(39)42/h11-26H,1-10,27-28H2. The van der Waals surface area contributed by atoms with E-state index in [1.54, 1.807) is 30.3 Å². The van der Waals surface area contributed by atoms with E-state index in [4.69, 9.17) is 9.47 Å². The minimum Gasteiger partial charge on any atom is -0.494 e. The summed E-state index contributed by atoms with van der Waals surface area (Å²) in [6.45, 7) is 1.35. The molecule has 6 nitrogen and oxygen atoms in total. The number of imide groups is 1. The minimum absolute atomic E-state index is 0.163. The van der Waals surface area contributed by atoms with Crippen LogP contribution in [0.15, 0.2) is 91.0 Å². The van der Waals surface area contributed by atoms with Crippen molar-refractivity contribution < 1.29 is 28.2 Å². The molecule has 0 radical (unpaired) electrons. The average molecular weight is 598 g/mol. The van der Waals surface area contributed by atoms with E-state index in [1.165, 1.54) is 81.0 Å². The predicted octanol–water partition coefficient (Wildman–Crippen LogP) is 8.51. The first-order chi connectivity index (χ1) is 21.5. The number of hydrogen-bond acceptors (Lipinski definition) is 5. The zero-order valence-electron chi connectivity index (χ0n) is 25.1. The van der Waals surface area contributed by atoms with Crippen molar-refractivity contribution in [1.29, 1.82) is 0 Å². The van der Waals surface area contributed by atoms with Crippen molar-refractivity contribution in [3.8, 4) is 11.5 Å². The van der Waals surface area contributed by atoms with Crippen LogP contribution in [0, 0.1) is 5.82 Å². The first kappa shape index (κ1) is 32.4. The molecule has 0 spiro atoms. The summed E-state index contributed by atoms with van der Waals surface area (Å²) in [7, 11) is 0. The molecule has 44 heavy (non-hydrogen) atoms. The topological polar surface area (TPSA) is 72.9 Å². The first-order valence-electron chi connectivity index (χ1n) is 15.5. The van der Waals surface area contributed by atoms with Gasteiger partial charge in [0.05, 0.1) is 18.9 Å². The Morgan fingerprint density at radius 1 is 0.614 bits per heavy atom. The van der Waals surface area contributed by atoms with Crippen LogP contribution in [0.3, 0.4) is 0 Å². The molecule has 3 aromatic carbocycles. The van der Waals surface area contributed by atoms with Crippen LogP contribution < -0.4 is 14.4 Å². The van der Waals surface area contributed by atoms with Gasteiger partial charge in [0, 0.05) is 17.7 Å². The highest BCUT2D eigenvalue weighted by Gasteiger charge is 2.24. The van der Waals surface area contributed by atoms with Crippen molar-refractivity contribution >= 4 is 29.4 Å². The Hall–Kier alpha value is -4.52. The lowest BCUT2D eigenvalue weighted by molar-refractivity contribution is -0.119. The Morgan fingerprint density at radius 2 is 1.07 bits per heavy atom. The first-order valence-corrected chi connectivity index (χ1v) is 15.5. The number of carbonyl (C=O) groups excluding carboxylic acids is 3. The number of anilines is 1. The maximum Gasteiger partial charge on any atom is 0.258 e. The maximum atomic E-state index is 13.0. The molecule has 3 aromatic rings.